The van der Waals surface area contributed by atoms with Gasteiger partial charge in [0.15, 0.2) is 5.69 Å². The molecule has 0 atom stereocenters. The molecule has 0 aliphatic rings. The molecule has 88 valence electrons. The molecular formula is C12H10ClNO2S. The maximum atomic E-state index is 11.0. The van der Waals surface area contributed by atoms with E-state index in [0.29, 0.717) is 16.5 Å². The van der Waals surface area contributed by atoms with Crippen LogP contribution in [0, 0.1) is 0 Å². The number of halogens is 1. The Balaban J connectivity index is 2.54. The molecule has 1 aromatic heterocycles. The first-order valence-electron chi connectivity index (χ1n) is 5.11. The zero-order chi connectivity index (χ0) is 12.4. The lowest BCUT2D eigenvalue weighted by molar-refractivity contribution is 0.0690. The number of aromatic carboxylic acids is 1. The van der Waals surface area contributed by atoms with Gasteiger partial charge in [-0.05, 0) is 12.5 Å². The fourth-order valence-electron chi connectivity index (χ4n) is 1.51. The number of carbonyl (C=O) groups is 1. The van der Waals surface area contributed by atoms with Gasteiger partial charge in [-0.25, -0.2) is 9.78 Å². The molecule has 2 rings (SSSR count). The summed E-state index contributed by atoms with van der Waals surface area (Å²) in [5.74, 6) is -0.989. The van der Waals surface area contributed by atoms with Gasteiger partial charge in [0.1, 0.15) is 5.01 Å². The van der Waals surface area contributed by atoms with E-state index in [4.69, 9.17) is 16.7 Å². The monoisotopic (exact) mass is 267 g/mol. The lowest BCUT2D eigenvalue weighted by atomic mass is 10.2. The van der Waals surface area contributed by atoms with Gasteiger partial charge >= 0.3 is 5.97 Å². The molecular weight excluding hydrogens is 258 g/mol. The Morgan fingerprint density at radius 1 is 1.47 bits per heavy atom. The summed E-state index contributed by atoms with van der Waals surface area (Å²) in [5, 5.41) is 10.3. The van der Waals surface area contributed by atoms with Crippen molar-refractivity contribution in [3.05, 3.63) is 39.9 Å². The van der Waals surface area contributed by atoms with Crippen molar-refractivity contribution in [1.29, 1.82) is 0 Å². The molecule has 5 heteroatoms. The van der Waals surface area contributed by atoms with Crippen LogP contribution >= 0.6 is 22.9 Å². The molecule has 0 fully saturated rings. The molecule has 0 bridgehead atoms. The first-order chi connectivity index (χ1) is 8.13. The van der Waals surface area contributed by atoms with Gasteiger partial charge in [-0.1, -0.05) is 36.7 Å². The molecule has 0 aliphatic carbocycles. The van der Waals surface area contributed by atoms with Crippen molar-refractivity contribution >= 4 is 28.9 Å². The van der Waals surface area contributed by atoms with E-state index in [0.717, 1.165) is 10.4 Å². The topological polar surface area (TPSA) is 50.2 Å². The molecule has 0 saturated carbocycles. The van der Waals surface area contributed by atoms with E-state index in [-0.39, 0.29) is 5.69 Å². The number of nitrogens with zero attached hydrogens (tertiary/aromatic N) is 1. The molecule has 0 spiro atoms. The van der Waals surface area contributed by atoms with Crippen LogP contribution in [0.5, 0.6) is 0 Å². The first-order valence-corrected chi connectivity index (χ1v) is 6.30. The molecule has 0 amide bonds. The maximum Gasteiger partial charge on any atom is 0.355 e. The third-order valence-electron chi connectivity index (χ3n) is 2.33. The van der Waals surface area contributed by atoms with Gasteiger partial charge in [-0.15, -0.1) is 11.3 Å². The minimum Gasteiger partial charge on any atom is -0.476 e. The molecule has 1 N–H and O–H groups in total. The summed E-state index contributed by atoms with van der Waals surface area (Å²) >= 11 is 7.44. The van der Waals surface area contributed by atoms with Crippen molar-refractivity contribution in [3.63, 3.8) is 0 Å². The van der Waals surface area contributed by atoms with Crippen LogP contribution in [0.25, 0.3) is 10.6 Å². The van der Waals surface area contributed by atoms with Gasteiger partial charge in [-0.2, -0.15) is 0 Å². The summed E-state index contributed by atoms with van der Waals surface area (Å²) in [4.78, 5) is 15.9. The summed E-state index contributed by atoms with van der Waals surface area (Å²) in [6.45, 7) is 1.91. The minimum absolute atomic E-state index is 0.132. The summed E-state index contributed by atoms with van der Waals surface area (Å²) in [5.41, 5.74) is 0.911. The fraction of sp³-hybridized carbons (Fsp3) is 0.167. The van der Waals surface area contributed by atoms with Gasteiger partial charge in [0, 0.05) is 10.4 Å². The van der Waals surface area contributed by atoms with Crippen LogP contribution in [0.3, 0.4) is 0 Å². The Bertz CT molecular complexity index is 565. The van der Waals surface area contributed by atoms with Crippen molar-refractivity contribution in [2.45, 2.75) is 13.3 Å². The number of aromatic nitrogens is 1. The maximum absolute atomic E-state index is 11.0. The first kappa shape index (κ1) is 12.1. The smallest absolute Gasteiger partial charge is 0.355 e. The van der Waals surface area contributed by atoms with Crippen LogP contribution in [0.4, 0.5) is 0 Å². The Morgan fingerprint density at radius 3 is 2.71 bits per heavy atom. The highest BCUT2D eigenvalue weighted by molar-refractivity contribution is 7.15. The highest BCUT2D eigenvalue weighted by atomic mass is 35.5. The number of rotatable bonds is 3. The van der Waals surface area contributed by atoms with E-state index in [2.05, 4.69) is 4.98 Å². The molecule has 0 radical (unpaired) electrons. The standard InChI is InChI=1S/C12H10ClNO2S/c1-2-9-10(12(15)16)14-11(17-9)7-5-3-4-6-8(7)13/h3-6H,2H2,1H3,(H,15,16). The Morgan fingerprint density at radius 2 is 2.18 bits per heavy atom. The zero-order valence-corrected chi connectivity index (χ0v) is 10.7. The third-order valence-corrected chi connectivity index (χ3v) is 3.89. The summed E-state index contributed by atoms with van der Waals surface area (Å²) in [6, 6.07) is 7.30. The molecule has 1 heterocycles. The quantitative estimate of drug-likeness (QED) is 0.922. The van der Waals surface area contributed by atoms with Crippen molar-refractivity contribution in [2.24, 2.45) is 0 Å². The average Bonchev–Trinajstić information content (AvgIpc) is 2.73. The predicted octanol–water partition coefficient (Wildman–Crippen LogP) is 3.72. The number of aryl methyl sites for hydroxylation is 1. The summed E-state index contributed by atoms with van der Waals surface area (Å²) in [6.07, 6.45) is 0.657. The fourth-order valence-corrected chi connectivity index (χ4v) is 2.82. The number of hydrogen-bond acceptors (Lipinski definition) is 3. The van der Waals surface area contributed by atoms with Crippen LogP contribution in [0.2, 0.25) is 5.02 Å². The highest BCUT2D eigenvalue weighted by Gasteiger charge is 2.17. The molecule has 17 heavy (non-hydrogen) atoms. The predicted molar refractivity (Wildman–Crippen MR) is 68.9 cm³/mol. The second-order valence-corrected chi connectivity index (χ2v) is 4.92. The van der Waals surface area contributed by atoms with E-state index in [1.807, 2.05) is 25.1 Å². The summed E-state index contributed by atoms with van der Waals surface area (Å²) in [7, 11) is 0. The zero-order valence-electron chi connectivity index (χ0n) is 9.11. The van der Waals surface area contributed by atoms with Crippen LogP contribution in [-0.2, 0) is 6.42 Å². The number of carboxylic acid groups (broad SMARTS) is 1. The van der Waals surface area contributed by atoms with Gasteiger partial charge in [-0.3, -0.25) is 0 Å². The molecule has 1 aromatic carbocycles. The van der Waals surface area contributed by atoms with Crippen LogP contribution < -0.4 is 0 Å². The van der Waals surface area contributed by atoms with E-state index >= 15 is 0 Å². The van der Waals surface area contributed by atoms with Crippen molar-refractivity contribution < 1.29 is 9.90 Å². The van der Waals surface area contributed by atoms with Crippen LogP contribution in [0.15, 0.2) is 24.3 Å². The largest absolute Gasteiger partial charge is 0.476 e. The van der Waals surface area contributed by atoms with Gasteiger partial charge in [0.25, 0.3) is 0 Å². The van der Waals surface area contributed by atoms with Crippen molar-refractivity contribution in [2.75, 3.05) is 0 Å². The van der Waals surface area contributed by atoms with Crippen molar-refractivity contribution in [3.8, 4) is 10.6 Å². The molecule has 0 aliphatic heterocycles. The summed E-state index contributed by atoms with van der Waals surface area (Å²) < 4.78 is 0. The third kappa shape index (κ3) is 2.33. The second kappa shape index (κ2) is 4.85. The molecule has 3 nitrogen and oxygen atoms in total. The van der Waals surface area contributed by atoms with Gasteiger partial charge in [0.05, 0.1) is 5.02 Å². The number of carboxylic acids is 1. The Hall–Kier alpha value is -1.39. The normalized spacial score (nSPS) is 10.5. The number of thiazole rings is 1. The lowest BCUT2D eigenvalue weighted by Crippen LogP contribution is -1.99. The highest BCUT2D eigenvalue weighted by Crippen LogP contribution is 2.33. The minimum atomic E-state index is -0.989. The van der Waals surface area contributed by atoms with Gasteiger partial charge < -0.3 is 5.11 Å². The lowest BCUT2D eigenvalue weighted by Gasteiger charge is -1.97. The number of benzene rings is 1. The van der Waals surface area contributed by atoms with Crippen LogP contribution in [-0.4, -0.2) is 16.1 Å². The molecule has 0 saturated heterocycles. The number of hydrogen-bond donors (Lipinski definition) is 1. The SMILES string of the molecule is CCc1sc(-c2ccccc2Cl)nc1C(=O)O. The van der Waals surface area contributed by atoms with E-state index in [1.54, 1.807) is 6.07 Å². The molecule has 2 aromatic rings. The second-order valence-electron chi connectivity index (χ2n) is 3.43. The Labute approximate surface area is 108 Å². The van der Waals surface area contributed by atoms with E-state index in [1.165, 1.54) is 11.3 Å². The molecule has 0 unspecified atom stereocenters. The van der Waals surface area contributed by atoms with Crippen molar-refractivity contribution in [1.82, 2.24) is 4.98 Å². The van der Waals surface area contributed by atoms with E-state index < -0.39 is 5.97 Å². The van der Waals surface area contributed by atoms with Crippen LogP contribution in [0.1, 0.15) is 22.3 Å². The van der Waals surface area contributed by atoms with Gasteiger partial charge in [0.2, 0.25) is 0 Å². The average molecular weight is 268 g/mol. The Kier molecular flexibility index (Phi) is 3.45. The van der Waals surface area contributed by atoms with E-state index in [9.17, 15) is 4.79 Å².